The Morgan fingerprint density at radius 2 is 1.86 bits per heavy atom. The number of aryl methyl sites for hydroxylation is 1. The zero-order valence-corrected chi connectivity index (χ0v) is 15.7. The lowest BCUT2D eigenvalue weighted by Crippen LogP contribution is -2.21. The van der Waals surface area contributed by atoms with Crippen molar-refractivity contribution in [2.45, 2.75) is 19.8 Å². The van der Waals surface area contributed by atoms with Crippen LogP contribution in [0.15, 0.2) is 42.5 Å². The third kappa shape index (κ3) is 5.39. The highest BCUT2D eigenvalue weighted by atomic mass is 16.6. The summed E-state index contributed by atoms with van der Waals surface area (Å²) < 4.78 is 21.5. The normalized spacial score (nSPS) is 12.2. The fraction of sp³-hybridized carbons (Fsp3) is 0.333. The molecule has 7 heteroatoms. The third-order valence-corrected chi connectivity index (χ3v) is 4.06. The second-order valence-electron chi connectivity index (χ2n) is 6.11. The van der Waals surface area contributed by atoms with E-state index in [2.05, 4.69) is 5.32 Å². The standard InChI is InChI=1S/C21H23NO6/c1-2-25-17-6-4-3-5-15(17)7-10-21(24)28-14-20(23)22-16-8-9-18-19(13-16)27-12-11-26-18/h3-6,8-9,13H,2,7,10-12,14H2,1H3,(H,22,23). The van der Waals surface area contributed by atoms with Crippen molar-refractivity contribution in [2.24, 2.45) is 0 Å². The van der Waals surface area contributed by atoms with Gasteiger partial charge in [0.15, 0.2) is 18.1 Å². The molecule has 148 valence electrons. The summed E-state index contributed by atoms with van der Waals surface area (Å²) in [6.45, 7) is 3.09. The van der Waals surface area contributed by atoms with E-state index in [1.54, 1.807) is 18.2 Å². The molecule has 1 aliphatic heterocycles. The smallest absolute Gasteiger partial charge is 0.306 e. The number of esters is 1. The molecule has 0 radical (unpaired) electrons. The topological polar surface area (TPSA) is 83.1 Å². The molecule has 2 aromatic carbocycles. The van der Waals surface area contributed by atoms with Crippen molar-refractivity contribution < 1.29 is 28.5 Å². The summed E-state index contributed by atoms with van der Waals surface area (Å²) in [5, 5.41) is 2.68. The highest BCUT2D eigenvalue weighted by Gasteiger charge is 2.14. The fourth-order valence-electron chi connectivity index (χ4n) is 2.78. The number of anilines is 1. The molecule has 1 aliphatic rings. The first-order chi connectivity index (χ1) is 13.7. The molecule has 0 saturated heterocycles. The van der Waals surface area contributed by atoms with Gasteiger partial charge in [0.2, 0.25) is 0 Å². The first-order valence-corrected chi connectivity index (χ1v) is 9.21. The number of benzene rings is 2. The molecule has 1 N–H and O–H groups in total. The number of carbonyl (C=O) groups excluding carboxylic acids is 2. The number of amides is 1. The largest absolute Gasteiger partial charge is 0.494 e. The van der Waals surface area contributed by atoms with E-state index >= 15 is 0 Å². The SMILES string of the molecule is CCOc1ccccc1CCC(=O)OCC(=O)Nc1ccc2c(c1)OCCO2. The van der Waals surface area contributed by atoms with Gasteiger partial charge in [0.05, 0.1) is 6.61 Å². The van der Waals surface area contributed by atoms with Gasteiger partial charge in [-0.25, -0.2) is 0 Å². The van der Waals surface area contributed by atoms with E-state index in [-0.39, 0.29) is 13.0 Å². The van der Waals surface area contributed by atoms with Crippen LogP contribution in [0.25, 0.3) is 0 Å². The maximum Gasteiger partial charge on any atom is 0.306 e. The van der Waals surface area contributed by atoms with Gasteiger partial charge < -0.3 is 24.3 Å². The number of nitrogens with one attached hydrogen (secondary N) is 1. The molecule has 2 aromatic rings. The minimum Gasteiger partial charge on any atom is -0.494 e. The number of ether oxygens (including phenoxy) is 4. The number of fused-ring (bicyclic) bond motifs is 1. The summed E-state index contributed by atoms with van der Waals surface area (Å²) in [5.41, 5.74) is 1.48. The van der Waals surface area contributed by atoms with Gasteiger partial charge in [-0.3, -0.25) is 9.59 Å². The van der Waals surface area contributed by atoms with Gasteiger partial charge in [0.1, 0.15) is 19.0 Å². The molecular weight excluding hydrogens is 362 g/mol. The second-order valence-corrected chi connectivity index (χ2v) is 6.11. The summed E-state index contributed by atoms with van der Waals surface area (Å²) in [6, 6.07) is 12.7. The minimum atomic E-state index is -0.441. The average Bonchev–Trinajstić information content (AvgIpc) is 2.72. The third-order valence-electron chi connectivity index (χ3n) is 4.06. The van der Waals surface area contributed by atoms with E-state index < -0.39 is 11.9 Å². The number of carbonyl (C=O) groups is 2. The highest BCUT2D eigenvalue weighted by Crippen LogP contribution is 2.32. The van der Waals surface area contributed by atoms with Crippen LogP contribution < -0.4 is 19.5 Å². The molecule has 0 saturated carbocycles. The van der Waals surface area contributed by atoms with E-state index in [0.717, 1.165) is 11.3 Å². The van der Waals surface area contributed by atoms with Crippen molar-refractivity contribution in [1.82, 2.24) is 0 Å². The Balaban J connectivity index is 1.44. The Labute approximate surface area is 163 Å². The van der Waals surface area contributed by atoms with E-state index in [0.29, 0.717) is 43.4 Å². The maximum atomic E-state index is 12.0. The molecule has 0 aromatic heterocycles. The lowest BCUT2D eigenvalue weighted by atomic mass is 10.1. The van der Waals surface area contributed by atoms with Crippen molar-refractivity contribution in [3.8, 4) is 17.2 Å². The second kappa shape index (κ2) is 9.64. The van der Waals surface area contributed by atoms with Crippen LogP contribution in [0.3, 0.4) is 0 Å². The molecule has 0 atom stereocenters. The average molecular weight is 385 g/mol. The molecule has 7 nitrogen and oxygen atoms in total. The van der Waals surface area contributed by atoms with Gasteiger partial charge in [0, 0.05) is 18.2 Å². The van der Waals surface area contributed by atoms with Crippen LogP contribution in [-0.2, 0) is 20.7 Å². The Kier molecular flexibility index (Phi) is 6.73. The first-order valence-electron chi connectivity index (χ1n) is 9.21. The van der Waals surface area contributed by atoms with Crippen LogP contribution in [0.4, 0.5) is 5.69 Å². The Morgan fingerprint density at radius 1 is 1.07 bits per heavy atom. The Hall–Kier alpha value is -3.22. The molecule has 0 aliphatic carbocycles. The van der Waals surface area contributed by atoms with Crippen LogP contribution in [0, 0.1) is 0 Å². The summed E-state index contributed by atoms with van der Waals surface area (Å²) in [7, 11) is 0. The number of hydrogen-bond acceptors (Lipinski definition) is 6. The zero-order valence-electron chi connectivity index (χ0n) is 15.7. The molecule has 1 amide bonds. The van der Waals surface area contributed by atoms with Crippen molar-refractivity contribution in [3.63, 3.8) is 0 Å². The van der Waals surface area contributed by atoms with Gasteiger partial charge in [-0.1, -0.05) is 18.2 Å². The summed E-state index contributed by atoms with van der Waals surface area (Å²) >= 11 is 0. The molecule has 28 heavy (non-hydrogen) atoms. The lowest BCUT2D eigenvalue weighted by Gasteiger charge is -2.19. The molecule has 1 heterocycles. The molecule has 0 spiro atoms. The molecular formula is C21H23NO6. The predicted octanol–water partition coefficient (Wildman–Crippen LogP) is 2.97. The number of para-hydroxylation sites is 1. The van der Waals surface area contributed by atoms with Gasteiger partial charge in [-0.15, -0.1) is 0 Å². The molecule has 0 fully saturated rings. The van der Waals surface area contributed by atoms with Gasteiger partial charge >= 0.3 is 5.97 Å². The molecule has 0 unspecified atom stereocenters. The first kappa shape index (κ1) is 19.5. The number of hydrogen-bond donors (Lipinski definition) is 1. The molecule has 0 bridgehead atoms. The van der Waals surface area contributed by atoms with Crippen LogP contribution >= 0.6 is 0 Å². The monoisotopic (exact) mass is 385 g/mol. The van der Waals surface area contributed by atoms with Gasteiger partial charge in [-0.05, 0) is 37.1 Å². The van der Waals surface area contributed by atoms with Crippen LogP contribution in [0.5, 0.6) is 17.2 Å². The van der Waals surface area contributed by atoms with E-state index in [4.69, 9.17) is 18.9 Å². The van der Waals surface area contributed by atoms with Gasteiger partial charge in [0.25, 0.3) is 5.91 Å². The Morgan fingerprint density at radius 3 is 2.68 bits per heavy atom. The van der Waals surface area contributed by atoms with E-state index in [1.165, 1.54) is 0 Å². The summed E-state index contributed by atoms with van der Waals surface area (Å²) in [4.78, 5) is 24.0. The van der Waals surface area contributed by atoms with Crippen molar-refractivity contribution >= 4 is 17.6 Å². The number of rotatable bonds is 8. The quantitative estimate of drug-likeness (QED) is 0.704. The van der Waals surface area contributed by atoms with Crippen molar-refractivity contribution in [3.05, 3.63) is 48.0 Å². The lowest BCUT2D eigenvalue weighted by molar-refractivity contribution is -0.147. The maximum absolute atomic E-state index is 12.0. The summed E-state index contributed by atoms with van der Waals surface area (Å²) in [5.74, 6) is 1.12. The van der Waals surface area contributed by atoms with E-state index in [9.17, 15) is 9.59 Å². The zero-order chi connectivity index (χ0) is 19.8. The van der Waals surface area contributed by atoms with Crippen molar-refractivity contribution in [2.75, 3.05) is 31.7 Å². The van der Waals surface area contributed by atoms with Crippen LogP contribution in [0.1, 0.15) is 18.9 Å². The van der Waals surface area contributed by atoms with Crippen molar-refractivity contribution in [1.29, 1.82) is 0 Å². The van der Waals surface area contributed by atoms with Crippen LogP contribution in [-0.4, -0.2) is 38.3 Å². The minimum absolute atomic E-state index is 0.168. The van der Waals surface area contributed by atoms with Gasteiger partial charge in [-0.2, -0.15) is 0 Å². The van der Waals surface area contributed by atoms with Crippen LogP contribution in [0.2, 0.25) is 0 Å². The Bertz CT molecular complexity index is 835. The van der Waals surface area contributed by atoms with E-state index in [1.807, 2.05) is 31.2 Å². The fourth-order valence-corrected chi connectivity index (χ4v) is 2.78. The highest BCUT2D eigenvalue weighted by molar-refractivity contribution is 5.93. The predicted molar refractivity (Wildman–Crippen MR) is 103 cm³/mol. The summed E-state index contributed by atoms with van der Waals surface area (Å²) in [6.07, 6.45) is 0.653. The molecule has 3 rings (SSSR count).